The topological polar surface area (TPSA) is 47.4 Å². The van der Waals surface area contributed by atoms with E-state index in [1.807, 2.05) is 42.5 Å². The van der Waals surface area contributed by atoms with Crippen molar-refractivity contribution < 1.29 is 9.53 Å². The molecule has 0 fully saturated rings. The Morgan fingerprint density at radius 3 is 2.48 bits per heavy atom. The lowest BCUT2D eigenvalue weighted by Crippen LogP contribution is -2.34. The SMILES string of the molecule is CC(C)(C)Cn1c(-c2ccc(Cl)cc2Cl)nc2c1CCN(C(=O)OCc1ccccc1)CC2. The van der Waals surface area contributed by atoms with Crippen LogP contribution in [0, 0.1) is 5.41 Å². The van der Waals surface area contributed by atoms with Crippen molar-refractivity contribution >= 4 is 29.3 Å². The van der Waals surface area contributed by atoms with E-state index in [2.05, 4.69) is 25.3 Å². The summed E-state index contributed by atoms with van der Waals surface area (Å²) in [6.07, 6.45) is 1.10. The van der Waals surface area contributed by atoms with Crippen LogP contribution in [0.15, 0.2) is 48.5 Å². The molecule has 0 bridgehead atoms. The third kappa shape index (κ3) is 5.71. The molecule has 0 N–H and O–H groups in total. The zero-order valence-electron chi connectivity index (χ0n) is 19.3. The van der Waals surface area contributed by atoms with Crippen molar-refractivity contribution in [3.8, 4) is 11.4 Å². The van der Waals surface area contributed by atoms with E-state index in [9.17, 15) is 4.79 Å². The molecule has 0 unspecified atom stereocenters. The lowest BCUT2D eigenvalue weighted by atomic mass is 9.96. The van der Waals surface area contributed by atoms with Crippen molar-refractivity contribution in [1.82, 2.24) is 14.5 Å². The number of hydrogen-bond donors (Lipinski definition) is 0. The fourth-order valence-electron chi connectivity index (χ4n) is 4.12. The van der Waals surface area contributed by atoms with Gasteiger partial charge in [0.05, 0.1) is 10.7 Å². The molecular formula is C26H29Cl2N3O2. The molecule has 4 rings (SSSR count). The highest BCUT2D eigenvalue weighted by molar-refractivity contribution is 6.36. The quantitative estimate of drug-likeness (QED) is 0.415. The summed E-state index contributed by atoms with van der Waals surface area (Å²) < 4.78 is 7.83. The first kappa shape index (κ1) is 23.7. The highest BCUT2D eigenvalue weighted by Crippen LogP contribution is 2.34. The minimum Gasteiger partial charge on any atom is -0.445 e. The highest BCUT2D eigenvalue weighted by atomic mass is 35.5. The van der Waals surface area contributed by atoms with E-state index in [-0.39, 0.29) is 18.1 Å². The Kier molecular flexibility index (Phi) is 7.01. The van der Waals surface area contributed by atoms with Gasteiger partial charge >= 0.3 is 6.09 Å². The largest absolute Gasteiger partial charge is 0.445 e. The van der Waals surface area contributed by atoms with Gasteiger partial charge < -0.3 is 14.2 Å². The molecule has 1 aliphatic rings. The fraction of sp³-hybridized carbons (Fsp3) is 0.385. The third-order valence-electron chi connectivity index (χ3n) is 5.66. The van der Waals surface area contributed by atoms with Gasteiger partial charge in [-0.15, -0.1) is 0 Å². The summed E-state index contributed by atoms with van der Waals surface area (Å²) in [5, 5.41) is 1.19. The van der Waals surface area contributed by atoms with Gasteiger partial charge in [-0.25, -0.2) is 9.78 Å². The molecule has 2 heterocycles. The summed E-state index contributed by atoms with van der Waals surface area (Å²) in [4.78, 5) is 19.5. The van der Waals surface area contributed by atoms with Gasteiger partial charge in [-0.3, -0.25) is 0 Å². The number of aromatic nitrogens is 2. The number of imidazole rings is 1. The molecule has 1 amide bonds. The van der Waals surface area contributed by atoms with Crippen LogP contribution in [0.1, 0.15) is 37.7 Å². The molecule has 0 atom stereocenters. The maximum atomic E-state index is 12.7. The normalized spacial score (nSPS) is 14.0. The molecule has 0 spiro atoms. The summed E-state index contributed by atoms with van der Waals surface area (Å²) in [5.41, 5.74) is 4.06. The third-order valence-corrected chi connectivity index (χ3v) is 6.21. The smallest absolute Gasteiger partial charge is 0.410 e. The van der Waals surface area contributed by atoms with Gasteiger partial charge in [0.1, 0.15) is 12.4 Å². The molecule has 0 aliphatic carbocycles. The zero-order valence-corrected chi connectivity index (χ0v) is 20.8. The molecule has 0 radical (unpaired) electrons. The van der Waals surface area contributed by atoms with Crippen LogP contribution in [0.4, 0.5) is 4.79 Å². The first-order chi connectivity index (χ1) is 15.7. The predicted octanol–water partition coefficient (Wildman–Crippen LogP) is 6.64. The number of hydrogen-bond acceptors (Lipinski definition) is 3. The summed E-state index contributed by atoms with van der Waals surface area (Å²) in [5.74, 6) is 0.858. The lowest BCUT2D eigenvalue weighted by Gasteiger charge is -2.24. The summed E-state index contributed by atoms with van der Waals surface area (Å²) >= 11 is 12.7. The van der Waals surface area contributed by atoms with Crippen LogP contribution in [0.5, 0.6) is 0 Å². The zero-order chi connectivity index (χ0) is 23.6. The number of nitrogens with zero attached hydrogens (tertiary/aromatic N) is 3. The standard InChI is InChI=1S/C26H29Cl2N3O2/c1-26(2,3)17-31-23-12-14-30(25(32)33-16-18-7-5-4-6-8-18)13-11-22(23)29-24(31)20-10-9-19(27)15-21(20)28/h4-10,15H,11-14,16-17H2,1-3H3. The van der Waals surface area contributed by atoms with E-state index in [1.165, 1.54) is 0 Å². The molecule has 0 saturated carbocycles. The van der Waals surface area contributed by atoms with Gasteiger partial charge in [0.25, 0.3) is 0 Å². The maximum absolute atomic E-state index is 12.7. The monoisotopic (exact) mass is 485 g/mol. The fourth-order valence-corrected chi connectivity index (χ4v) is 4.62. The highest BCUT2D eigenvalue weighted by Gasteiger charge is 2.27. The number of ether oxygens (including phenoxy) is 1. The van der Waals surface area contributed by atoms with Gasteiger partial charge in [-0.1, -0.05) is 74.3 Å². The lowest BCUT2D eigenvalue weighted by molar-refractivity contribution is 0.0975. The van der Waals surface area contributed by atoms with Crippen molar-refractivity contribution in [2.45, 2.75) is 46.8 Å². The number of halogens is 2. The van der Waals surface area contributed by atoms with Crippen LogP contribution in [-0.2, 0) is 30.7 Å². The second-order valence-electron chi connectivity index (χ2n) is 9.63. The van der Waals surface area contributed by atoms with Crippen LogP contribution in [0.3, 0.4) is 0 Å². The number of carbonyl (C=O) groups is 1. The van der Waals surface area contributed by atoms with Crippen molar-refractivity contribution in [2.75, 3.05) is 13.1 Å². The average Bonchev–Trinajstić information content (AvgIpc) is 2.94. The van der Waals surface area contributed by atoms with Crippen LogP contribution < -0.4 is 0 Å². The van der Waals surface area contributed by atoms with E-state index >= 15 is 0 Å². The number of rotatable bonds is 4. The Labute approximate surface area is 205 Å². The summed E-state index contributed by atoms with van der Waals surface area (Å²) in [6.45, 7) is 8.84. The number of fused-ring (bicyclic) bond motifs is 1. The first-order valence-electron chi connectivity index (χ1n) is 11.2. The van der Waals surface area contributed by atoms with Gasteiger partial charge in [-0.05, 0) is 29.2 Å². The average molecular weight is 486 g/mol. The van der Waals surface area contributed by atoms with E-state index < -0.39 is 0 Å². The van der Waals surface area contributed by atoms with Gasteiger partial charge in [0.2, 0.25) is 0 Å². The van der Waals surface area contributed by atoms with Gasteiger partial charge in [0, 0.05) is 48.8 Å². The van der Waals surface area contributed by atoms with Crippen molar-refractivity contribution in [3.05, 3.63) is 75.5 Å². The van der Waals surface area contributed by atoms with Crippen LogP contribution >= 0.6 is 23.2 Å². The number of amides is 1. The van der Waals surface area contributed by atoms with Gasteiger partial charge in [-0.2, -0.15) is 0 Å². The molecule has 33 heavy (non-hydrogen) atoms. The van der Waals surface area contributed by atoms with Crippen molar-refractivity contribution in [2.24, 2.45) is 5.41 Å². The minimum atomic E-state index is -0.285. The Balaban J connectivity index is 1.56. The van der Waals surface area contributed by atoms with Crippen LogP contribution in [0.2, 0.25) is 10.0 Å². The van der Waals surface area contributed by atoms with E-state index in [4.69, 9.17) is 32.9 Å². The van der Waals surface area contributed by atoms with Crippen molar-refractivity contribution in [1.29, 1.82) is 0 Å². The van der Waals surface area contributed by atoms with E-state index in [1.54, 1.807) is 11.0 Å². The molecule has 3 aromatic rings. The Morgan fingerprint density at radius 1 is 1.06 bits per heavy atom. The molecular weight excluding hydrogens is 457 g/mol. The van der Waals surface area contributed by atoms with E-state index in [0.717, 1.165) is 34.9 Å². The summed E-state index contributed by atoms with van der Waals surface area (Å²) in [6, 6.07) is 15.3. The Morgan fingerprint density at radius 2 is 1.79 bits per heavy atom. The summed E-state index contributed by atoms with van der Waals surface area (Å²) in [7, 11) is 0. The van der Waals surface area contributed by atoms with Crippen LogP contribution in [0.25, 0.3) is 11.4 Å². The molecule has 2 aromatic carbocycles. The molecule has 0 saturated heterocycles. The maximum Gasteiger partial charge on any atom is 0.410 e. The first-order valence-corrected chi connectivity index (χ1v) is 12.0. The molecule has 7 heteroatoms. The second-order valence-corrected chi connectivity index (χ2v) is 10.5. The molecule has 1 aromatic heterocycles. The molecule has 174 valence electrons. The number of carbonyl (C=O) groups excluding carboxylic acids is 1. The second kappa shape index (κ2) is 9.78. The molecule has 5 nitrogen and oxygen atoms in total. The predicted molar refractivity (Wildman–Crippen MR) is 133 cm³/mol. The van der Waals surface area contributed by atoms with E-state index in [0.29, 0.717) is 36.0 Å². The molecule has 1 aliphatic heterocycles. The number of benzene rings is 2. The minimum absolute atomic E-state index is 0.0444. The van der Waals surface area contributed by atoms with Crippen molar-refractivity contribution in [3.63, 3.8) is 0 Å². The van der Waals surface area contributed by atoms with Gasteiger partial charge in [0.15, 0.2) is 0 Å². The van der Waals surface area contributed by atoms with Crippen LogP contribution in [-0.4, -0.2) is 33.6 Å². The Hall–Kier alpha value is -2.50. The Bertz CT molecular complexity index is 1140.